The van der Waals surface area contributed by atoms with Crippen molar-refractivity contribution in [1.82, 2.24) is 4.31 Å². The molecule has 2 atom stereocenters. The summed E-state index contributed by atoms with van der Waals surface area (Å²) in [7, 11) is -3.37. The zero-order chi connectivity index (χ0) is 14.2. The van der Waals surface area contributed by atoms with Gasteiger partial charge in [-0.3, -0.25) is 0 Å². The van der Waals surface area contributed by atoms with Gasteiger partial charge in [0.05, 0.1) is 4.90 Å². The third-order valence-electron chi connectivity index (χ3n) is 4.05. The lowest BCUT2D eigenvalue weighted by Gasteiger charge is -2.18. The molecule has 1 fully saturated rings. The second kappa shape index (κ2) is 5.23. The van der Waals surface area contributed by atoms with Crippen LogP contribution in [0.3, 0.4) is 0 Å². The Morgan fingerprint density at radius 2 is 2.00 bits per heavy atom. The first kappa shape index (κ1) is 14.5. The maximum Gasteiger partial charge on any atom is 0.243 e. The van der Waals surface area contributed by atoms with Crippen molar-refractivity contribution in [3.05, 3.63) is 29.3 Å². The summed E-state index contributed by atoms with van der Waals surface area (Å²) in [5.74, 6) is 0.265. The molecule has 1 aromatic rings. The van der Waals surface area contributed by atoms with Crippen molar-refractivity contribution in [3.63, 3.8) is 0 Å². The van der Waals surface area contributed by atoms with Gasteiger partial charge in [0, 0.05) is 19.1 Å². The van der Waals surface area contributed by atoms with Gasteiger partial charge < -0.3 is 5.73 Å². The molecule has 5 heteroatoms. The molecule has 1 aliphatic heterocycles. The minimum atomic E-state index is -3.37. The fourth-order valence-corrected chi connectivity index (χ4v) is 4.02. The SMILES string of the molecule is Cc1ccc(S(=O)(=O)N2CCC(C(C)N)C2)cc1C. The van der Waals surface area contributed by atoms with Crippen LogP contribution in [0, 0.1) is 19.8 Å². The van der Waals surface area contributed by atoms with Crippen LogP contribution < -0.4 is 5.73 Å². The Kier molecular flexibility index (Phi) is 3.99. The molecular formula is C14H22N2O2S. The lowest BCUT2D eigenvalue weighted by atomic mass is 10.0. The van der Waals surface area contributed by atoms with Crippen LogP contribution in [0.15, 0.2) is 23.1 Å². The summed E-state index contributed by atoms with van der Waals surface area (Å²) >= 11 is 0. The molecule has 1 aromatic carbocycles. The van der Waals surface area contributed by atoms with E-state index < -0.39 is 10.0 Å². The molecule has 0 saturated carbocycles. The second-order valence-corrected chi connectivity index (χ2v) is 7.45. The van der Waals surface area contributed by atoms with E-state index in [1.54, 1.807) is 16.4 Å². The number of rotatable bonds is 3. The predicted molar refractivity (Wildman–Crippen MR) is 76.4 cm³/mol. The van der Waals surface area contributed by atoms with Gasteiger partial charge in [-0.05, 0) is 56.4 Å². The Hall–Kier alpha value is -0.910. The molecule has 0 aromatic heterocycles. The first-order chi connectivity index (χ1) is 8.82. The Morgan fingerprint density at radius 1 is 1.32 bits per heavy atom. The lowest BCUT2D eigenvalue weighted by Crippen LogP contribution is -2.33. The van der Waals surface area contributed by atoms with Gasteiger partial charge in [-0.2, -0.15) is 4.31 Å². The monoisotopic (exact) mass is 282 g/mol. The van der Waals surface area contributed by atoms with E-state index in [2.05, 4.69) is 0 Å². The fraction of sp³-hybridized carbons (Fsp3) is 0.571. The van der Waals surface area contributed by atoms with Crippen LogP contribution in [-0.2, 0) is 10.0 Å². The molecule has 0 aliphatic carbocycles. The number of nitrogens with two attached hydrogens (primary N) is 1. The molecule has 4 nitrogen and oxygen atoms in total. The van der Waals surface area contributed by atoms with Gasteiger partial charge in [0.25, 0.3) is 0 Å². The number of sulfonamides is 1. The van der Waals surface area contributed by atoms with Crippen molar-refractivity contribution in [2.45, 2.75) is 38.1 Å². The summed E-state index contributed by atoms with van der Waals surface area (Å²) in [6.07, 6.45) is 0.849. The molecule has 106 valence electrons. The molecule has 1 aliphatic rings. The van der Waals surface area contributed by atoms with Crippen LogP contribution in [0.2, 0.25) is 0 Å². The molecule has 2 unspecified atom stereocenters. The normalized spacial score (nSPS) is 22.6. The van der Waals surface area contributed by atoms with Crippen LogP contribution in [-0.4, -0.2) is 31.9 Å². The Bertz CT molecular complexity index is 567. The molecule has 1 saturated heterocycles. The highest BCUT2D eigenvalue weighted by atomic mass is 32.2. The number of hydrogen-bond acceptors (Lipinski definition) is 3. The standard InChI is InChI=1S/C14H22N2O2S/c1-10-4-5-14(8-11(10)2)19(17,18)16-7-6-13(9-16)12(3)15/h4-5,8,12-13H,6-7,9,15H2,1-3H3. The first-order valence-electron chi connectivity index (χ1n) is 6.65. The summed E-state index contributed by atoms with van der Waals surface area (Å²) in [5, 5.41) is 0. The molecule has 19 heavy (non-hydrogen) atoms. The third-order valence-corrected chi connectivity index (χ3v) is 5.91. The van der Waals surface area contributed by atoms with E-state index >= 15 is 0 Å². The highest BCUT2D eigenvalue weighted by Gasteiger charge is 2.33. The van der Waals surface area contributed by atoms with Crippen molar-refractivity contribution in [3.8, 4) is 0 Å². The zero-order valence-corrected chi connectivity index (χ0v) is 12.6. The average Bonchev–Trinajstić information content (AvgIpc) is 2.82. The van der Waals surface area contributed by atoms with E-state index in [0.717, 1.165) is 17.5 Å². The average molecular weight is 282 g/mol. The van der Waals surface area contributed by atoms with Gasteiger partial charge in [0.15, 0.2) is 0 Å². The molecule has 2 N–H and O–H groups in total. The highest BCUT2D eigenvalue weighted by molar-refractivity contribution is 7.89. The van der Waals surface area contributed by atoms with Crippen LogP contribution in [0.5, 0.6) is 0 Å². The van der Waals surface area contributed by atoms with Crippen molar-refractivity contribution in [2.24, 2.45) is 11.7 Å². The molecule has 0 amide bonds. The van der Waals surface area contributed by atoms with Gasteiger partial charge in [0.1, 0.15) is 0 Å². The quantitative estimate of drug-likeness (QED) is 0.917. The van der Waals surface area contributed by atoms with Crippen molar-refractivity contribution >= 4 is 10.0 Å². The smallest absolute Gasteiger partial charge is 0.243 e. The summed E-state index contributed by atoms with van der Waals surface area (Å²) in [6, 6.07) is 5.35. The van der Waals surface area contributed by atoms with E-state index in [4.69, 9.17) is 5.73 Å². The minimum absolute atomic E-state index is 0.0416. The van der Waals surface area contributed by atoms with Crippen LogP contribution in [0.25, 0.3) is 0 Å². The highest BCUT2D eigenvalue weighted by Crippen LogP contribution is 2.26. The number of aryl methyl sites for hydroxylation is 2. The lowest BCUT2D eigenvalue weighted by molar-refractivity contribution is 0.429. The predicted octanol–water partition coefficient (Wildman–Crippen LogP) is 1.66. The maximum atomic E-state index is 12.6. The van der Waals surface area contributed by atoms with Crippen molar-refractivity contribution in [2.75, 3.05) is 13.1 Å². The Balaban J connectivity index is 2.26. The Labute approximate surface area is 115 Å². The van der Waals surface area contributed by atoms with E-state index in [9.17, 15) is 8.42 Å². The summed E-state index contributed by atoms with van der Waals surface area (Å²) in [6.45, 7) is 6.96. The molecule has 0 spiro atoms. The minimum Gasteiger partial charge on any atom is -0.328 e. The molecular weight excluding hydrogens is 260 g/mol. The van der Waals surface area contributed by atoms with Crippen LogP contribution >= 0.6 is 0 Å². The topological polar surface area (TPSA) is 63.4 Å². The van der Waals surface area contributed by atoms with Gasteiger partial charge in [-0.15, -0.1) is 0 Å². The molecule has 0 bridgehead atoms. The largest absolute Gasteiger partial charge is 0.328 e. The van der Waals surface area contributed by atoms with Gasteiger partial charge in [-0.25, -0.2) is 8.42 Å². The maximum absolute atomic E-state index is 12.6. The van der Waals surface area contributed by atoms with E-state index in [1.807, 2.05) is 26.8 Å². The number of nitrogens with zero attached hydrogens (tertiary/aromatic N) is 1. The van der Waals surface area contributed by atoms with Gasteiger partial charge in [0.2, 0.25) is 10.0 Å². The summed E-state index contributed by atoms with van der Waals surface area (Å²) in [5.41, 5.74) is 7.97. The van der Waals surface area contributed by atoms with Crippen LogP contribution in [0.4, 0.5) is 0 Å². The Morgan fingerprint density at radius 3 is 2.53 bits per heavy atom. The van der Waals surface area contributed by atoms with E-state index in [1.165, 1.54) is 0 Å². The molecule has 2 rings (SSSR count). The van der Waals surface area contributed by atoms with Gasteiger partial charge >= 0.3 is 0 Å². The summed E-state index contributed by atoms with van der Waals surface area (Å²) in [4.78, 5) is 0.390. The third kappa shape index (κ3) is 2.83. The second-order valence-electron chi connectivity index (χ2n) is 5.52. The van der Waals surface area contributed by atoms with Crippen molar-refractivity contribution in [1.29, 1.82) is 0 Å². The van der Waals surface area contributed by atoms with Crippen molar-refractivity contribution < 1.29 is 8.42 Å². The first-order valence-corrected chi connectivity index (χ1v) is 8.09. The number of benzene rings is 1. The number of hydrogen-bond donors (Lipinski definition) is 1. The van der Waals surface area contributed by atoms with E-state index in [-0.39, 0.29) is 12.0 Å². The summed E-state index contributed by atoms with van der Waals surface area (Å²) < 4.78 is 26.7. The molecule has 0 radical (unpaired) electrons. The van der Waals surface area contributed by atoms with Crippen LogP contribution in [0.1, 0.15) is 24.5 Å². The van der Waals surface area contributed by atoms with E-state index in [0.29, 0.717) is 18.0 Å². The fourth-order valence-electron chi connectivity index (χ4n) is 2.42. The molecule has 1 heterocycles. The zero-order valence-electron chi connectivity index (χ0n) is 11.8. The van der Waals surface area contributed by atoms with Gasteiger partial charge in [-0.1, -0.05) is 6.07 Å².